The first-order valence-corrected chi connectivity index (χ1v) is 16.9. The van der Waals surface area contributed by atoms with Gasteiger partial charge in [-0.2, -0.15) is 0 Å². The molecule has 5 heteroatoms. The third-order valence-electron chi connectivity index (χ3n) is 9.87. The molecular weight excluding hydrogens is 767 g/mol. The number of hydrogen-bond acceptors (Lipinski definition) is 3. The molecule has 0 saturated heterocycles. The number of aromatic nitrogens is 3. The first kappa shape index (κ1) is 32.2. The first-order valence-electron chi connectivity index (χ1n) is 16.9. The maximum atomic E-state index is 6.13. The van der Waals surface area contributed by atoms with Gasteiger partial charge in [0.2, 0.25) is 0 Å². The summed E-state index contributed by atoms with van der Waals surface area (Å²) in [6, 6.07) is 35.9. The first-order chi connectivity index (χ1) is 22.9. The van der Waals surface area contributed by atoms with E-state index in [1.807, 2.05) is 48.7 Å². The maximum Gasteiger partial charge on any atom is 0.120 e. The van der Waals surface area contributed by atoms with Crippen LogP contribution in [0.1, 0.15) is 81.9 Å². The summed E-state index contributed by atoms with van der Waals surface area (Å²) in [6.45, 7) is 8.92. The summed E-state index contributed by atoms with van der Waals surface area (Å²) in [5.74, 6) is 2.18. The minimum Gasteiger partial charge on any atom is -0.501 e. The van der Waals surface area contributed by atoms with Gasteiger partial charge >= 0.3 is 0 Å². The van der Waals surface area contributed by atoms with Gasteiger partial charge in [-0.25, -0.2) is 0 Å². The minimum atomic E-state index is -0.0971. The van der Waals surface area contributed by atoms with E-state index in [9.17, 15) is 0 Å². The van der Waals surface area contributed by atoms with Gasteiger partial charge in [-0.3, -0.25) is 4.98 Å². The van der Waals surface area contributed by atoms with Crippen LogP contribution in [-0.4, -0.2) is 14.5 Å². The van der Waals surface area contributed by atoms with Crippen molar-refractivity contribution in [2.24, 2.45) is 0 Å². The van der Waals surface area contributed by atoms with E-state index >= 15 is 0 Å². The predicted octanol–water partition coefficient (Wildman–Crippen LogP) is 11.5. The van der Waals surface area contributed by atoms with Gasteiger partial charge in [0.25, 0.3) is 0 Å². The number of furan rings is 1. The smallest absolute Gasteiger partial charge is 0.120 e. The van der Waals surface area contributed by atoms with Crippen molar-refractivity contribution in [1.82, 2.24) is 14.5 Å². The Morgan fingerprint density at radius 2 is 1.71 bits per heavy atom. The van der Waals surface area contributed by atoms with Gasteiger partial charge in [0.05, 0.1) is 28.0 Å². The Morgan fingerprint density at radius 1 is 0.896 bits per heavy atom. The van der Waals surface area contributed by atoms with Gasteiger partial charge in [0.1, 0.15) is 5.58 Å². The average molecular weight is 806 g/mol. The summed E-state index contributed by atoms with van der Waals surface area (Å²) in [7, 11) is 0. The molecule has 4 aromatic carbocycles. The average Bonchev–Trinajstić information content (AvgIpc) is 3.86. The van der Waals surface area contributed by atoms with E-state index in [0.29, 0.717) is 11.8 Å². The Balaban J connectivity index is 0.000000149. The van der Waals surface area contributed by atoms with Crippen molar-refractivity contribution in [3.8, 4) is 22.6 Å². The summed E-state index contributed by atoms with van der Waals surface area (Å²) in [5, 5.41) is 2.28. The number of allylic oxidation sites excluding steroid dienone is 1. The van der Waals surface area contributed by atoms with Gasteiger partial charge in [-0.1, -0.05) is 79.6 Å². The van der Waals surface area contributed by atoms with Gasteiger partial charge in [-0.05, 0) is 79.6 Å². The van der Waals surface area contributed by atoms with Crippen LogP contribution >= 0.6 is 0 Å². The van der Waals surface area contributed by atoms with Gasteiger partial charge in [0.15, 0.2) is 0 Å². The van der Waals surface area contributed by atoms with Crippen LogP contribution in [0.5, 0.6) is 0 Å². The Hall–Kier alpha value is -4.31. The number of rotatable bonds is 4. The topological polar surface area (TPSA) is 43.9 Å². The fourth-order valence-electron chi connectivity index (χ4n) is 7.34. The summed E-state index contributed by atoms with van der Waals surface area (Å²) >= 11 is 0. The monoisotopic (exact) mass is 806 g/mol. The molecule has 7 aromatic rings. The summed E-state index contributed by atoms with van der Waals surface area (Å²) in [4.78, 5) is 9.60. The molecule has 9 rings (SSSR count). The van der Waals surface area contributed by atoms with Gasteiger partial charge in [0, 0.05) is 31.7 Å². The molecular formula is C43H39IrN3O-2. The van der Waals surface area contributed by atoms with Crippen molar-refractivity contribution in [3.05, 3.63) is 126 Å². The van der Waals surface area contributed by atoms with E-state index in [4.69, 9.17) is 9.40 Å². The molecule has 0 atom stereocenters. The normalized spacial score (nSPS) is 15.2. The summed E-state index contributed by atoms with van der Waals surface area (Å²) < 4.78 is 8.49. The second-order valence-corrected chi connectivity index (χ2v) is 13.8. The standard InChI is InChI=1S/C22H18NO.C21H21N2.Ir/c1-2-7-15(6-1)16-12-13-23-20(14-16)19-10-5-9-18-17-8-3-4-11-21(17)24-22(18)19;1-14(2)17-12-16-10-11-21(3,4)23-19(16)18(13-17)22-20(23)15-8-6-5-7-9-15;/h3-5,8-9,11-15H,1-2,6-7H2;5-8,10-14H,1-4H3;/q2*-1;. The van der Waals surface area contributed by atoms with Crippen molar-refractivity contribution in [1.29, 1.82) is 0 Å². The number of imidazole rings is 1. The zero-order valence-electron chi connectivity index (χ0n) is 27.9. The molecule has 1 fully saturated rings. The largest absolute Gasteiger partial charge is 0.501 e. The quantitative estimate of drug-likeness (QED) is 0.166. The van der Waals surface area contributed by atoms with Crippen molar-refractivity contribution in [2.75, 3.05) is 0 Å². The molecule has 1 aliphatic heterocycles. The molecule has 0 amide bonds. The van der Waals surface area contributed by atoms with E-state index in [-0.39, 0.29) is 25.6 Å². The fraction of sp³-hybridized carbons (Fsp3) is 0.256. The number of benzene rings is 4. The van der Waals surface area contributed by atoms with Crippen LogP contribution < -0.4 is 0 Å². The number of para-hydroxylation sites is 1. The third-order valence-corrected chi connectivity index (χ3v) is 9.87. The van der Waals surface area contributed by atoms with Crippen molar-refractivity contribution >= 4 is 39.0 Å². The van der Waals surface area contributed by atoms with Gasteiger partial charge < -0.3 is 14.0 Å². The fourth-order valence-corrected chi connectivity index (χ4v) is 7.34. The number of hydrogen-bond donors (Lipinski definition) is 0. The van der Waals surface area contributed by atoms with Crippen LogP contribution in [0.4, 0.5) is 0 Å². The molecule has 1 radical (unpaired) electrons. The maximum absolute atomic E-state index is 6.13. The Labute approximate surface area is 296 Å². The molecule has 0 spiro atoms. The number of fused-ring (bicyclic) bond motifs is 3. The number of nitrogens with zero attached hydrogens (tertiary/aromatic N) is 3. The SMILES string of the molecule is CC(C)c1cc2c3c(c1)nc(-c1[c-]cccc1)n3C(C)(C)C=C2.[Ir].[c-]1ccc2c(oc3ccccc32)c1-c1cc(C2CCCC2)ccn1. The van der Waals surface area contributed by atoms with Crippen LogP contribution in [0.3, 0.4) is 0 Å². The molecule has 243 valence electrons. The molecule has 0 bridgehead atoms. The second kappa shape index (κ2) is 13.0. The van der Waals surface area contributed by atoms with E-state index in [1.165, 1.54) is 47.9 Å². The Morgan fingerprint density at radius 3 is 2.50 bits per heavy atom. The molecule has 4 heterocycles. The molecule has 4 nitrogen and oxygen atoms in total. The van der Waals surface area contributed by atoms with Gasteiger partial charge in [-0.15, -0.1) is 54.1 Å². The predicted molar refractivity (Wildman–Crippen MR) is 193 cm³/mol. The van der Waals surface area contributed by atoms with Crippen LogP contribution in [0, 0.1) is 12.1 Å². The molecule has 0 unspecified atom stereocenters. The van der Waals surface area contributed by atoms with Crippen LogP contribution in [0.2, 0.25) is 0 Å². The zero-order valence-corrected chi connectivity index (χ0v) is 30.3. The van der Waals surface area contributed by atoms with Crippen LogP contribution in [-0.2, 0) is 25.6 Å². The number of pyridine rings is 1. The van der Waals surface area contributed by atoms with Crippen molar-refractivity contribution in [2.45, 2.75) is 70.8 Å². The summed E-state index contributed by atoms with van der Waals surface area (Å²) in [6.07, 6.45) is 11.7. The van der Waals surface area contributed by atoms with Crippen molar-refractivity contribution in [3.63, 3.8) is 0 Å². The van der Waals surface area contributed by atoms with E-state index in [2.05, 4.69) is 104 Å². The molecule has 2 aliphatic rings. The second-order valence-electron chi connectivity index (χ2n) is 13.8. The van der Waals surface area contributed by atoms with Crippen LogP contribution in [0.15, 0.2) is 102 Å². The third kappa shape index (κ3) is 5.74. The molecule has 1 aliphatic carbocycles. The molecule has 3 aromatic heterocycles. The van der Waals surface area contributed by atoms with E-state index < -0.39 is 0 Å². The van der Waals surface area contributed by atoms with Crippen LogP contribution in [0.25, 0.3) is 61.7 Å². The summed E-state index contributed by atoms with van der Waals surface area (Å²) in [5.41, 5.74) is 11.0. The van der Waals surface area contributed by atoms with Crippen molar-refractivity contribution < 1.29 is 24.5 Å². The van der Waals surface area contributed by atoms with E-state index in [0.717, 1.165) is 50.1 Å². The molecule has 48 heavy (non-hydrogen) atoms. The Kier molecular flexibility index (Phi) is 8.70. The zero-order chi connectivity index (χ0) is 32.1. The minimum absolute atomic E-state index is 0. The molecule has 0 N–H and O–H groups in total. The van der Waals surface area contributed by atoms with E-state index in [1.54, 1.807) is 0 Å². The molecule has 1 saturated carbocycles. The Bertz CT molecular complexity index is 2270.